The fourth-order valence-corrected chi connectivity index (χ4v) is 4.08. The van der Waals surface area contributed by atoms with Crippen LogP contribution in [0.4, 0.5) is 11.4 Å². The summed E-state index contributed by atoms with van der Waals surface area (Å²) in [6.45, 7) is 1.28. The number of imide groups is 1. The first-order valence-electron chi connectivity index (χ1n) is 10.7. The Kier molecular flexibility index (Phi) is 4.94. The second kappa shape index (κ2) is 7.91. The Labute approximate surface area is 182 Å². The number of amides is 2. The van der Waals surface area contributed by atoms with Gasteiger partial charge in [-0.15, -0.1) is 0 Å². The van der Waals surface area contributed by atoms with Crippen molar-refractivity contribution in [3.05, 3.63) is 83.4 Å². The van der Waals surface area contributed by atoms with E-state index < -0.39 is 0 Å². The van der Waals surface area contributed by atoms with Crippen molar-refractivity contribution < 1.29 is 9.59 Å². The first-order valence-corrected chi connectivity index (χ1v) is 10.7. The van der Waals surface area contributed by atoms with Gasteiger partial charge in [0.15, 0.2) is 0 Å². The molecule has 0 unspecified atom stereocenters. The van der Waals surface area contributed by atoms with Crippen LogP contribution in [0.1, 0.15) is 39.1 Å². The molecule has 0 atom stereocenters. The maximum absolute atomic E-state index is 12.7. The first kappa shape index (κ1) is 19.4. The SMILES string of the molecule is CNc1cc(-c2cccc(CN3C(=O)c4ccccc4C3=O)c2)ccc1NCC1CC1. The highest BCUT2D eigenvalue weighted by Crippen LogP contribution is 2.33. The summed E-state index contributed by atoms with van der Waals surface area (Å²) in [6.07, 6.45) is 2.64. The quantitative estimate of drug-likeness (QED) is 0.536. The van der Waals surface area contributed by atoms with Crippen LogP contribution < -0.4 is 10.6 Å². The topological polar surface area (TPSA) is 61.4 Å². The summed E-state index contributed by atoms with van der Waals surface area (Å²) in [6, 6.07) is 21.4. The molecule has 0 aromatic heterocycles. The zero-order valence-electron chi connectivity index (χ0n) is 17.5. The highest BCUT2D eigenvalue weighted by atomic mass is 16.2. The van der Waals surface area contributed by atoms with Gasteiger partial charge in [-0.25, -0.2) is 0 Å². The van der Waals surface area contributed by atoms with Crippen LogP contribution >= 0.6 is 0 Å². The lowest BCUT2D eigenvalue weighted by molar-refractivity contribution is 0.0642. The fraction of sp³-hybridized carbons (Fsp3) is 0.231. The standard InChI is InChI=1S/C26H25N3O2/c1-27-24-14-20(11-12-23(24)28-15-17-9-10-17)19-6-4-5-18(13-19)16-29-25(30)21-7-2-3-8-22(21)26(29)31/h2-8,11-14,17,27-28H,9-10,15-16H2,1H3. The molecule has 156 valence electrons. The van der Waals surface area contributed by atoms with Gasteiger partial charge in [0.05, 0.1) is 29.0 Å². The van der Waals surface area contributed by atoms with Crippen LogP contribution in [0.25, 0.3) is 11.1 Å². The molecular weight excluding hydrogens is 386 g/mol. The highest BCUT2D eigenvalue weighted by Gasteiger charge is 2.34. The van der Waals surface area contributed by atoms with E-state index in [1.165, 1.54) is 17.7 Å². The Hall–Kier alpha value is -3.60. The Morgan fingerprint density at radius 3 is 2.23 bits per heavy atom. The number of rotatable bonds is 7. The third-order valence-corrected chi connectivity index (χ3v) is 6.05. The Morgan fingerprint density at radius 1 is 0.839 bits per heavy atom. The number of hydrogen-bond donors (Lipinski definition) is 2. The third-order valence-electron chi connectivity index (χ3n) is 6.05. The van der Waals surface area contributed by atoms with E-state index in [-0.39, 0.29) is 18.4 Å². The molecule has 1 aliphatic carbocycles. The van der Waals surface area contributed by atoms with Gasteiger partial charge < -0.3 is 10.6 Å². The van der Waals surface area contributed by atoms with Gasteiger partial charge in [0.25, 0.3) is 11.8 Å². The van der Waals surface area contributed by atoms with Gasteiger partial charge in [-0.1, -0.05) is 36.4 Å². The molecule has 2 N–H and O–H groups in total. The van der Waals surface area contributed by atoms with E-state index in [1.54, 1.807) is 24.3 Å². The average Bonchev–Trinajstić information content (AvgIpc) is 3.61. The number of benzene rings is 3. The lowest BCUT2D eigenvalue weighted by atomic mass is 10.0. The number of fused-ring (bicyclic) bond motifs is 1. The second-order valence-electron chi connectivity index (χ2n) is 8.28. The molecule has 1 aliphatic heterocycles. The normalized spacial score (nSPS) is 15.2. The lowest BCUT2D eigenvalue weighted by Gasteiger charge is -2.16. The molecule has 1 saturated carbocycles. The van der Waals surface area contributed by atoms with Gasteiger partial charge in [-0.2, -0.15) is 0 Å². The van der Waals surface area contributed by atoms with Gasteiger partial charge in [0.1, 0.15) is 0 Å². The molecule has 2 aliphatic rings. The van der Waals surface area contributed by atoms with E-state index >= 15 is 0 Å². The van der Waals surface area contributed by atoms with Gasteiger partial charge in [0.2, 0.25) is 0 Å². The summed E-state index contributed by atoms with van der Waals surface area (Å²) in [4.78, 5) is 26.7. The van der Waals surface area contributed by atoms with Gasteiger partial charge in [-0.3, -0.25) is 14.5 Å². The minimum atomic E-state index is -0.227. The molecule has 3 aromatic carbocycles. The van der Waals surface area contributed by atoms with Crippen molar-refractivity contribution in [1.29, 1.82) is 0 Å². The minimum absolute atomic E-state index is 0.227. The van der Waals surface area contributed by atoms with Crippen LogP contribution in [-0.2, 0) is 6.54 Å². The van der Waals surface area contributed by atoms with Gasteiger partial charge >= 0.3 is 0 Å². The molecule has 5 heteroatoms. The number of nitrogens with one attached hydrogen (secondary N) is 2. The maximum atomic E-state index is 12.7. The summed E-state index contributed by atoms with van der Waals surface area (Å²) in [5.41, 5.74) is 6.20. The van der Waals surface area contributed by atoms with Crippen molar-refractivity contribution in [2.45, 2.75) is 19.4 Å². The molecule has 0 bridgehead atoms. The zero-order chi connectivity index (χ0) is 21.4. The molecule has 0 spiro atoms. The number of carbonyl (C=O) groups is 2. The molecule has 3 aromatic rings. The smallest absolute Gasteiger partial charge is 0.261 e. The van der Waals surface area contributed by atoms with Crippen LogP contribution in [0.3, 0.4) is 0 Å². The van der Waals surface area contributed by atoms with E-state index in [9.17, 15) is 9.59 Å². The van der Waals surface area contributed by atoms with Crippen molar-refractivity contribution in [3.63, 3.8) is 0 Å². The van der Waals surface area contributed by atoms with E-state index in [0.717, 1.165) is 40.5 Å². The van der Waals surface area contributed by atoms with Gasteiger partial charge in [-0.05, 0) is 65.8 Å². The second-order valence-corrected chi connectivity index (χ2v) is 8.28. The van der Waals surface area contributed by atoms with E-state index in [0.29, 0.717) is 11.1 Å². The van der Waals surface area contributed by atoms with Crippen molar-refractivity contribution in [1.82, 2.24) is 4.90 Å². The summed E-state index contributed by atoms with van der Waals surface area (Å²) in [5, 5.41) is 6.82. The predicted molar refractivity (Wildman–Crippen MR) is 123 cm³/mol. The molecule has 0 saturated heterocycles. The molecule has 5 nitrogen and oxygen atoms in total. The van der Waals surface area contributed by atoms with E-state index in [4.69, 9.17) is 0 Å². The first-order chi connectivity index (χ1) is 15.1. The third kappa shape index (κ3) is 3.79. The minimum Gasteiger partial charge on any atom is -0.386 e. The molecule has 1 heterocycles. The van der Waals surface area contributed by atoms with Crippen LogP contribution in [0.5, 0.6) is 0 Å². The van der Waals surface area contributed by atoms with Crippen molar-refractivity contribution in [2.24, 2.45) is 5.92 Å². The monoisotopic (exact) mass is 411 g/mol. The van der Waals surface area contributed by atoms with Crippen LogP contribution in [0, 0.1) is 5.92 Å². The van der Waals surface area contributed by atoms with Crippen molar-refractivity contribution in [2.75, 3.05) is 24.2 Å². The summed E-state index contributed by atoms with van der Waals surface area (Å²) >= 11 is 0. The summed E-state index contributed by atoms with van der Waals surface area (Å²) in [7, 11) is 1.93. The van der Waals surface area contributed by atoms with Crippen molar-refractivity contribution in [3.8, 4) is 11.1 Å². The van der Waals surface area contributed by atoms with Crippen LogP contribution in [0.2, 0.25) is 0 Å². The lowest BCUT2D eigenvalue weighted by Crippen LogP contribution is -2.29. The van der Waals surface area contributed by atoms with Crippen molar-refractivity contribution >= 4 is 23.2 Å². The van der Waals surface area contributed by atoms with Crippen LogP contribution in [-0.4, -0.2) is 30.3 Å². The molecule has 1 fully saturated rings. The van der Waals surface area contributed by atoms with Gasteiger partial charge in [0, 0.05) is 13.6 Å². The van der Waals surface area contributed by atoms with E-state index in [2.05, 4.69) is 41.0 Å². The Bertz CT molecular complexity index is 1130. The Morgan fingerprint density at radius 2 is 1.55 bits per heavy atom. The molecule has 5 rings (SSSR count). The molecule has 2 amide bonds. The predicted octanol–water partition coefficient (Wildman–Crippen LogP) is 5.01. The maximum Gasteiger partial charge on any atom is 0.261 e. The fourth-order valence-electron chi connectivity index (χ4n) is 4.08. The largest absolute Gasteiger partial charge is 0.386 e. The number of nitrogens with zero attached hydrogens (tertiary/aromatic N) is 1. The van der Waals surface area contributed by atoms with E-state index in [1.807, 2.05) is 19.2 Å². The molecule has 31 heavy (non-hydrogen) atoms. The Balaban J connectivity index is 1.37. The summed E-state index contributed by atoms with van der Waals surface area (Å²) in [5.74, 6) is 0.354. The van der Waals surface area contributed by atoms with Crippen LogP contribution in [0.15, 0.2) is 66.7 Å². The highest BCUT2D eigenvalue weighted by molar-refractivity contribution is 6.21. The number of carbonyl (C=O) groups excluding carboxylic acids is 2. The molecule has 0 radical (unpaired) electrons. The summed E-state index contributed by atoms with van der Waals surface area (Å²) < 4.78 is 0. The number of hydrogen-bond acceptors (Lipinski definition) is 4. The molecular formula is C26H25N3O2. The average molecular weight is 412 g/mol. The number of anilines is 2. The zero-order valence-corrected chi connectivity index (χ0v) is 17.5.